The molecule has 10 nitrogen and oxygen atoms in total. The van der Waals surface area contributed by atoms with Gasteiger partial charge < -0.3 is 23.8 Å². The Bertz CT molecular complexity index is 2060. The molecule has 2 aromatic carbocycles. The average Bonchev–Trinajstić information content (AvgIpc) is 3.51. The Kier molecular flexibility index (Phi) is 8.32. The normalized spacial score (nSPS) is 16.8. The van der Waals surface area contributed by atoms with E-state index in [1.165, 1.54) is 12.1 Å². The summed E-state index contributed by atoms with van der Waals surface area (Å²) in [7, 11) is 0. The minimum absolute atomic E-state index is 0.000265. The molecule has 0 spiro atoms. The van der Waals surface area contributed by atoms with E-state index in [1.807, 2.05) is 6.07 Å². The second-order valence-corrected chi connectivity index (χ2v) is 15.3. The lowest BCUT2D eigenvalue weighted by atomic mass is 9.93. The summed E-state index contributed by atoms with van der Waals surface area (Å²) in [5, 5.41) is 13.3. The van der Waals surface area contributed by atoms with Crippen LogP contribution in [0, 0.1) is 23.0 Å². The number of carbonyl (C=O) groups excluding carboxylic acids is 3. The van der Waals surface area contributed by atoms with Gasteiger partial charge in [0.15, 0.2) is 0 Å². The van der Waals surface area contributed by atoms with Crippen LogP contribution in [-0.2, 0) is 16.0 Å². The number of aryl methyl sites for hydroxylation is 1. The monoisotopic (exact) mass is 697 g/mol. The van der Waals surface area contributed by atoms with Crippen molar-refractivity contribution in [3.63, 3.8) is 0 Å². The van der Waals surface area contributed by atoms with E-state index in [9.17, 15) is 19.6 Å². The molecule has 0 saturated carbocycles. The molecule has 0 unspecified atom stereocenters. The van der Waals surface area contributed by atoms with Crippen LogP contribution in [0.3, 0.4) is 0 Å². The van der Waals surface area contributed by atoms with Crippen molar-refractivity contribution in [3.8, 4) is 17.2 Å². The Morgan fingerprint density at radius 3 is 2.40 bits per heavy atom. The highest BCUT2D eigenvalue weighted by Crippen LogP contribution is 2.47. The van der Waals surface area contributed by atoms with E-state index in [-0.39, 0.29) is 73.4 Å². The summed E-state index contributed by atoms with van der Waals surface area (Å²) >= 11 is 7.65. The molecule has 14 heteroatoms. The molecule has 1 N–H and O–H groups in total. The summed E-state index contributed by atoms with van der Waals surface area (Å²) in [4.78, 5) is 42.8. The van der Waals surface area contributed by atoms with Gasteiger partial charge in [-0.1, -0.05) is 17.7 Å². The number of nitrogens with zero attached hydrogens (tertiary/aromatic N) is 4. The smallest absolute Gasteiger partial charge is 0.412 e. The van der Waals surface area contributed by atoms with Gasteiger partial charge in [-0.05, 0) is 65.7 Å². The summed E-state index contributed by atoms with van der Waals surface area (Å²) in [6.07, 6.45) is 0.828. The van der Waals surface area contributed by atoms with Gasteiger partial charge in [0.05, 0.1) is 32.4 Å². The van der Waals surface area contributed by atoms with Crippen molar-refractivity contribution in [2.75, 3.05) is 25.0 Å². The first-order valence-electron chi connectivity index (χ1n) is 15.4. The first-order valence-corrected chi connectivity index (χ1v) is 16.6. The van der Waals surface area contributed by atoms with E-state index in [4.69, 9.17) is 21.1 Å². The quantitative estimate of drug-likeness (QED) is 0.226. The molecule has 252 valence electrons. The zero-order valence-electron chi connectivity index (χ0n) is 27.3. The van der Waals surface area contributed by atoms with Crippen molar-refractivity contribution < 1.29 is 32.6 Å². The number of carbonyl (C=O) groups is 3. The second kappa shape index (κ2) is 11.9. The van der Waals surface area contributed by atoms with Gasteiger partial charge in [0.1, 0.15) is 33.9 Å². The molecule has 3 amide bonds. The number of amides is 3. The average molecular weight is 698 g/mol. The lowest BCUT2D eigenvalue weighted by Gasteiger charge is -2.42. The summed E-state index contributed by atoms with van der Waals surface area (Å²) in [5.74, 6) is -1.86. The summed E-state index contributed by atoms with van der Waals surface area (Å²) in [5.41, 5.74) is -0.867. The fraction of sp³-hybridized carbons (Fsp3) is 0.412. The Balaban J connectivity index is 1.45. The van der Waals surface area contributed by atoms with Gasteiger partial charge in [-0.25, -0.2) is 18.4 Å². The molecular weight excluding hydrogens is 664 g/mol. The molecule has 48 heavy (non-hydrogen) atoms. The van der Waals surface area contributed by atoms with Gasteiger partial charge in [0, 0.05) is 48.7 Å². The van der Waals surface area contributed by atoms with Gasteiger partial charge in [-0.3, -0.25) is 10.1 Å². The van der Waals surface area contributed by atoms with Gasteiger partial charge in [0.25, 0.3) is 5.91 Å². The molecule has 0 radical (unpaired) electrons. The third-order valence-electron chi connectivity index (χ3n) is 8.16. The predicted octanol–water partition coefficient (Wildman–Crippen LogP) is 8.14. The van der Waals surface area contributed by atoms with Crippen LogP contribution in [0.1, 0.15) is 63.9 Å². The summed E-state index contributed by atoms with van der Waals surface area (Å²) in [6.45, 7) is 11.6. The van der Waals surface area contributed by atoms with Crippen LogP contribution in [0.5, 0.6) is 0 Å². The number of benzene rings is 2. The molecule has 1 saturated heterocycles. The van der Waals surface area contributed by atoms with Crippen LogP contribution in [0.15, 0.2) is 24.4 Å². The third kappa shape index (κ3) is 6.03. The van der Waals surface area contributed by atoms with Crippen LogP contribution in [0.25, 0.3) is 32.1 Å². The number of anilines is 1. The molecule has 4 aromatic rings. The number of halogens is 3. The first kappa shape index (κ1) is 33.5. The molecular formula is C34H34ClF2N5O5S. The van der Waals surface area contributed by atoms with E-state index in [0.29, 0.717) is 18.5 Å². The third-order valence-corrected chi connectivity index (χ3v) is 9.56. The topological polar surface area (TPSA) is 117 Å². The molecule has 2 aliphatic rings. The van der Waals surface area contributed by atoms with E-state index < -0.39 is 40.9 Å². The van der Waals surface area contributed by atoms with Gasteiger partial charge in [-0.2, -0.15) is 5.26 Å². The Morgan fingerprint density at radius 2 is 1.73 bits per heavy atom. The molecule has 0 bridgehead atoms. The lowest BCUT2D eigenvalue weighted by molar-refractivity contribution is 0.00286. The van der Waals surface area contributed by atoms with E-state index in [1.54, 1.807) is 62.1 Å². The lowest BCUT2D eigenvalue weighted by Crippen LogP contribution is -2.57. The van der Waals surface area contributed by atoms with Crippen LogP contribution < -0.4 is 5.32 Å². The molecule has 4 heterocycles. The summed E-state index contributed by atoms with van der Waals surface area (Å²) < 4.78 is 44.5. The molecule has 1 atom stereocenters. The van der Waals surface area contributed by atoms with E-state index in [0.717, 1.165) is 17.4 Å². The van der Waals surface area contributed by atoms with E-state index >= 15 is 8.78 Å². The number of hydrogen-bond donors (Lipinski definition) is 1. The highest BCUT2D eigenvalue weighted by atomic mass is 35.5. The highest BCUT2D eigenvalue weighted by molar-refractivity contribution is 7.23. The number of hydrogen-bond acceptors (Lipinski definition) is 7. The standard InChI is InChI=1S/C34H34ClF2N5O5S/c1-33(2,3)46-31(44)39-29-20(14-38)24-18(7-8-22(36)28(24)48-29)25-23(37)13-19-27-26(25)21(35)16-40(27)10-9-17-15-41(11-12-42(17)30(19)43)32(45)47-34(4,5)6/h7-8,13,16-17H,9-12,15H2,1-6H3,(H,39,44)/t17-/m1/s1. The minimum atomic E-state index is -0.830. The van der Waals surface area contributed by atoms with Gasteiger partial charge in [-0.15, -0.1) is 11.3 Å². The number of nitrogens with one attached hydrogen (secondary N) is 1. The van der Waals surface area contributed by atoms with E-state index in [2.05, 4.69) is 5.32 Å². The minimum Gasteiger partial charge on any atom is -0.444 e. The number of rotatable bonds is 2. The zero-order chi connectivity index (χ0) is 34.9. The first-order chi connectivity index (χ1) is 22.5. The number of ether oxygens (including phenoxy) is 2. The van der Waals surface area contributed by atoms with Crippen LogP contribution in [0.2, 0.25) is 5.02 Å². The fourth-order valence-electron chi connectivity index (χ4n) is 6.32. The zero-order valence-corrected chi connectivity index (χ0v) is 28.9. The van der Waals surface area contributed by atoms with Crippen molar-refractivity contribution in [2.24, 2.45) is 0 Å². The van der Waals surface area contributed by atoms with Crippen molar-refractivity contribution in [3.05, 3.63) is 52.2 Å². The van der Waals surface area contributed by atoms with Crippen molar-refractivity contribution in [1.82, 2.24) is 14.4 Å². The number of piperazine rings is 1. The molecule has 6 rings (SSSR count). The number of aromatic nitrogens is 1. The highest BCUT2D eigenvalue weighted by Gasteiger charge is 2.38. The maximum atomic E-state index is 16.5. The van der Waals surface area contributed by atoms with Crippen molar-refractivity contribution in [1.29, 1.82) is 5.26 Å². The molecule has 0 aliphatic carbocycles. The molecule has 2 aliphatic heterocycles. The second-order valence-electron chi connectivity index (χ2n) is 13.9. The van der Waals surface area contributed by atoms with Crippen LogP contribution in [-0.4, -0.2) is 69.3 Å². The van der Waals surface area contributed by atoms with Gasteiger partial charge >= 0.3 is 12.2 Å². The predicted molar refractivity (Wildman–Crippen MR) is 180 cm³/mol. The fourth-order valence-corrected chi connectivity index (χ4v) is 7.68. The molecule has 1 fully saturated rings. The van der Waals surface area contributed by atoms with Gasteiger partial charge in [0.2, 0.25) is 0 Å². The van der Waals surface area contributed by atoms with Crippen molar-refractivity contribution >= 4 is 67.0 Å². The number of thiophene rings is 1. The number of nitriles is 1. The SMILES string of the molecule is CC(C)(C)OC(=O)Nc1sc2c(F)ccc(-c3c(F)cc4c5c3c(Cl)cn5CC[C@@H]3CN(C(=O)OC(C)(C)C)CCN3C4=O)c2c1C#N. The number of fused-ring (bicyclic) bond motifs is 2. The largest absolute Gasteiger partial charge is 0.444 e. The van der Waals surface area contributed by atoms with Crippen LogP contribution >= 0.6 is 22.9 Å². The maximum Gasteiger partial charge on any atom is 0.412 e. The Morgan fingerprint density at radius 1 is 1.02 bits per heavy atom. The Hall–Kier alpha value is -4.41. The molecule has 2 aromatic heterocycles. The van der Waals surface area contributed by atoms with Crippen molar-refractivity contribution in [2.45, 2.75) is 71.8 Å². The van der Waals surface area contributed by atoms with Crippen LogP contribution in [0.4, 0.5) is 23.4 Å². The maximum absolute atomic E-state index is 16.5. The Labute approximate surface area is 284 Å². The summed E-state index contributed by atoms with van der Waals surface area (Å²) in [6, 6.07) is 5.39.